The molecule has 0 aliphatic rings. The Labute approximate surface area is 129 Å². The summed E-state index contributed by atoms with van der Waals surface area (Å²) in [7, 11) is -2.32. The van der Waals surface area contributed by atoms with E-state index >= 15 is 0 Å². The van der Waals surface area contributed by atoms with Crippen molar-refractivity contribution in [2.45, 2.75) is 6.10 Å². The molecular weight excluding hydrogens is 302 g/mol. The molecule has 0 aliphatic heterocycles. The molecule has 0 bridgehead atoms. The van der Waals surface area contributed by atoms with Crippen molar-refractivity contribution >= 4 is 15.7 Å². The van der Waals surface area contributed by atoms with Crippen LogP contribution < -0.4 is 4.31 Å². The monoisotopic (exact) mass is 319 g/mol. The molecule has 5 nitrogen and oxygen atoms in total. The lowest BCUT2D eigenvalue weighted by atomic mass is 10.0. The van der Waals surface area contributed by atoms with Gasteiger partial charge in [-0.2, -0.15) is 0 Å². The van der Waals surface area contributed by atoms with E-state index in [9.17, 15) is 18.6 Å². The van der Waals surface area contributed by atoms with Gasteiger partial charge in [-0.15, -0.1) is 0 Å². The first kappa shape index (κ1) is 16.1. The van der Waals surface area contributed by atoms with Crippen LogP contribution in [-0.4, -0.2) is 25.7 Å². The smallest absolute Gasteiger partial charge is 0.256 e. The van der Waals surface area contributed by atoms with Crippen LogP contribution in [0.3, 0.4) is 0 Å². The molecule has 2 N–H and O–H groups in total. The SMILES string of the molecule is C=CS(=O)(=O)N(C)c1cc(O)cc(C(O)c2ccccc2)c1. The molecule has 1 atom stereocenters. The number of rotatable bonds is 5. The number of sulfonamides is 1. The molecular formula is C16H17NO4S. The molecule has 0 spiro atoms. The van der Waals surface area contributed by atoms with Crippen LogP contribution in [0, 0.1) is 0 Å². The molecule has 6 heteroatoms. The molecule has 0 radical (unpaired) electrons. The summed E-state index contributed by atoms with van der Waals surface area (Å²) >= 11 is 0. The zero-order valence-electron chi connectivity index (χ0n) is 12.0. The van der Waals surface area contributed by atoms with Crippen molar-refractivity contribution in [1.82, 2.24) is 0 Å². The van der Waals surface area contributed by atoms with Crippen molar-refractivity contribution in [3.63, 3.8) is 0 Å². The van der Waals surface area contributed by atoms with Crippen molar-refractivity contribution in [3.05, 3.63) is 71.6 Å². The largest absolute Gasteiger partial charge is 0.508 e. The number of nitrogens with zero attached hydrogens (tertiary/aromatic N) is 1. The number of benzene rings is 2. The van der Waals surface area contributed by atoms with Crippen LogP contribution in [0.15, 0.2) is 60.5 Å². The average Bonchev–Trinajstić information content (AvgIpc) is 2.53. The minimum absolute atomic E-state index is 0.131. The molecule has 2 rings (SSSR count). The van der Waals surface area contributed by atoms with Crippen molar-refractivity contribution in [1.29, 1.82) is 0 Å². The first-order chi connectivity index (χ1) is 10.3. The zero-order chi connectivity index (χ0) is 16.3. The van der Waals surface area contributed by atoms with Gasteiger partial charge in [-0.3, -0.25) is 4.31 Å². The predicted octanol–water partition coefficient (Wildman–Crippen LogP) is 2.38. The lowest BCUT2D eigenvalue weighted by Gasteiger charge is -2.20. The van der Waals surface area contributed by atoms with Gasteiger partial charge in [-0.05, 0) is 23.3 Å². The van der Waals surface area contributed by atoms with Crippen LogP contribution in [0.2, 0.25) is 0 Å². The number of aliphatic hydroxyl groups excluding tert-OH is 1. The minimum atomic E-state index is -3.67. The molecule has 116 valence electrons. The number of hydrogen-bond acceptors (Lipinski definition) is 4. The van der Waals surface area contributed by atoms with E-state index in [-0.39, 0.29) is 11.4 Å². The third-order valence-electron chi connectivity index (χ3n) is 3.31. The maximum Gasteiger partial charge on any atom is 0.256 e. The highest BCUT2D eigenvalue weighted by molar-refractivity contribution is 7.95. The predicted molar refractivity (Wildman–Crippen MR) is 86.1 cm³/mol. The fourth-order valence-electron chi connectivity index (χ4n) is 2.04. The molecule has 0 amide bonds. The van der Waals surface area contributed by atoms with E-state index in [0.29, 0.717) is 11.1 Å². The lowest BCUT2D eigenvalue weighted by molar-refractivity contribution is 0.220. The Balaban J connectivity index is 2.45. The molecule has 0 aromatic heterocycles. The third kappa shape index (κ3) is 3.29. The number of anilines is 1. The van der Waals surface area contributed by atoms with E-state index in [1.165, 1.54) is 25.2 Å². The fraction of sp³-hybridized carbons (Fsp3) is 0.125. The number of phenols is 1. The first-order valence-corrected chi connectivity index (χ1v) is 8.04. The second-order valence-electron chi connectivity index (χ2n) is 4.78. The molecule has 0 saturated carbocycles. The number of aromatic hydroxyl groups is 1. The van der Waals surface area contributed by atoms with E-state index in [1.54, 1.807) is 24.3 Å². The van der Waals surface area contributed by atoms with Crippen LogP contribution >= 0.6 is 0 Å². The minimum Gasteiger partial charge on any atom is -0.508 e. The molecule has 2 aromatic rings. The molecule has 0 heterocycles. The van der Waals surface area contributed by atoms with Gasteiger partial charge >= 0.3 is 0 Å². The first-order valence-electron chi connectivity index (χ1n) is 6.53. The molecule has 1 unspecified atom stereocenters. The Morgan fingerprint density at radius 3 is 2.36 bits per heavy atom. The van der Waals surface area contributed by atoms with Crippen LogP contribution in [0.4, 0.5) is 5.69 Å². The molecule has 2 aromatic carbocycles. The van der Waals surface area contributed by atoms with Crippen LogP contribution in [0.1, 0.15) is 17.2 Å². The summed E-state index contributed by atoms with van der Waals surface area (Å²) in [6, 6.07) is 13.1. The van der Waals surface area contributed by atoms with Crippen molar-refractivity contribution < 1.29 is 18.6 Å². The number of hydrogen-bond donors (Lipinski definition) is 2. The highest BCUT2D eigenvalue weighted by Crippen LogP contribution is 2.30. The van der Waals surface area contributed by atoms with Gasteiger partial charge in [0, 0.05) is 18.5 Å². The maximum atomic E-state index is 11.8. The standard InChI is InChI=1S/C16H17NO4S/c1-3-22(20,21)17(2)14-9-13(10-15(18)11-14)16(19)12-7-5-4-6-8-12/h3-11,16,18-19H,1H2,2H3. The van der Waals surface area contributed by atoms with E-state index in [4.69, 9.17) is 0 Å². The molecule has 0 saturated heterocycles. The van der Waals surface area contributed by atoms with Gasteiger partial charge in [0.05, 0.1) is 5.69 Å². The summed E-state index contributed by atoms with van der Waals surface area (Å²) in [6.45, 7) is 3.26. The highest BCUT2D eigenvalue weighted by atomic mass is 32.2. The summed E-state index contributed by atoms with van der Waals surface area (Å²) in [5.41, 5.74) is 1.28. The average molecular weight is 319 g/mol. The van der Waals surface area contributed by atoms with Gasteiger partial charge in [-0.1, -0.05) is 36.9 Å². The summed E-state index contributed by atoms with van der Waals surface area (Å²) < 4.78 is 24.6. The van der Waals surface area contributed by atoms with Gasteiger partial charge < -0.3 is 10.2 Å². The summed E-state index contributed by atoms with van der Waals surface area (Å²) in [5, 5.41) is 21.0. The Hall–Kier alpha value is -2.31. The van der Waals surface area contributed by atoms with Crippen molar-refractivity contribution in [2.24, 2.45) is 0 Å². The zero-order valence-corrected chi connectivity index (χ0v) is 12.9. The Morgan fingerprint density at radius 1 is 1.14 bits per heavy atom. The normalized spacial score (nSPS) is 12.6. The quantitative estimate of drug-likeness (QED) is 0.887. The van der Waals surface area contributed by atoms with Crippen molar-refractivity contribution in [3.8, 4) is 5.75 Å². The van der Waals surface area contributed by atoms with Gasteiger partial charge in [0.15, 0.2) is 0 Å². The second-order valence-corrected chi connectivity index (χ2v) is 6.69. The van der Waals surface area contributed by atoms with Gasteiger partial charge in [0.25, 0.3) is 10.0 Å². The van der Waals surface area contributed by atoms with Crippen LogP contribution in [0.25, 0.3) is 0 Å². The number of aliphatic hydroxyl groups is 1. The van der Waals surface area contributed by atoms with Crippen LogP contribution in [0.5, 0.6) is 5.75 Å². The number of phenolic OH excluding ortho intramolecular Hbond substituents is 1. The Bertz CT molecular complexity index is 772. The summed E-state index contributed by atoms with van der Waals surface area (Å²) in [4.78, 5) is 0. The van der Waals surface area contributed by atoms with Crippen LogP contribution in [-0.2, 0) is 10.0 Å². The van der Waals surface area contributed by atoms with Gasteiger partial charge in [0.2, 0.25) is 0 Å². The van der Waals surface area contributed by atoms with E-state index in [2.05, 4.69) is 6.58 Å². The van der Waals surface area contributed by atoms with E-state index in [0.717, 1.165) is 9.71 Å². The fourth-order valence-corrected chi connectivity index (χ4v) is 2.67. The summed E-state index contributed by atoms with van der Waals surface area (Å²) in [5.74, 6) is -0.131. The Kier molecular flexibility index (Phi) is 4.54. The lowest BCUT2D eigenvalue weighted by Crippen LogP contribution is -2.24. The van der Waals surface area contributed by atoms with E-state index < -0.39 is 16.1 Å². The maximum absolute atomic E-state index is 11.8. The highest BCUT2D eigenvalue weighted by Gasteiger charge is 2.18. The second kappa shape index (κ2) is 6.21. The molecule has 22 heavy (non-hydrogen) atoms. The van der Waals surface area contributed by atoms with Crippen molar-refractivity contribution in [2.75, 3.05) is 11.4 Å². The van der Waals surface area contributed by atoms with E-state index in [1.807, 2.05) is 6.07 Å². The van der Waals surface area contributed by atoms with Gasteiger partial charge in [0.1, 0.15) is 11.9 Å². The summed E-state index contributed by atoms with van der Waals surface area (Å²) in [6.07, 6.45) is -0.966. The molecule has 0 aliphatic carbocycles. The Morgan fingerprint density at radius 2 is 1.77 bits per heavy atom. The van der Waals surface area contributed by atoms with Gasteiger partial charge in [-0.25, -0.2) is 8.42 Å². The molecule has 0 fully saturated rings. The topological polar surface area (TPSA) is 77.8 Å². The third-order valence-corrected chi connectivity index (χ3v) is 4.71.